The molecular weight excluding hydrogens is 382 g/mol. The van der Waals surface area contributed by atoms with Crippen molar-refractivity contribution in [3.05, 3.63) is 113 Å². The van der Waals surface area contributed by atoms with Gasteiger partial charge in [0.1, 0.15) is 5.76 Å². The molecule has 0 saturated heterocycles. The lowest BCUT2D eigenvalue weighted by Gasteiger charge is -2.27. The highest BCUT2D eigenvalue weighted by Gasteiger charge is 2.25. The number of nitrogens with zero attached hydrogens (tertiary/aromatic N) is 1. The molecule has 4 aromatic rings. The molecule has 1 aliphatic rings. The summed E-state index contributed by atoms with van der Waals surface area (Å²) in [5, 5.41) is 1.90. The topological polar surface area (TPSA) is 23.4 Å². The third kappa shape index (κ3) is 3.80. The van der Waals surface area contributed by atoms with Gasteiger partial charge >= 0.3 is 0 Å². The van der Waals surface area contributed by atoms with Gasteiger partial charge in [-0.05, 0) is 35.4 Å². The molecule has 0 N–H and O–H groups in total. The summed E-state index contributed by atoms with van der Waals surface area (Å²) in [6.07, 6.45) is 2.28. The van der Waals surface area contributed by atoms with Crippen LogP contribution in [0.15, 0.2) is 90.7 Å². The molecule has 1 unspecified atom stereocenters. The first-order valence-electron chi connectivity index (χ1n) is 9.63. The zero-order valence-electron chi connectivity index (χ0n) is 15.8. The third-order valence-electron chi connectivity index (χ3n) is 5.09. The summed E-state index contributed by atoms with van der Waals surface area (Å²) in [5.74, 6) is 0.860. The van der Waals surface area contributed by atoms with Crippen LogP contribution in [0, 0.1) is 0 Å². The summed E-state index contributed by atoms with van der Waals surface area (Å²) in [6.45, 7) is 0.487. The molecule has 3 aromatic carbocycles. The Morgan fingerprint density at radius 3 is 2.45 bits per heavy atom. The number of hydrogen-bond donors (Lipinski definition) is 0. The molecule has 1 aliphatic heterocycles. The number of allylic oxidation sites excluding steroid dienone is 1. The van der Waals surface area contributed by atoms with Crippen molar-refractivity contribution in [3.8, 4) is 0 Å². The predicted octanol–water partition coefficient (Wildman–Crippen LogP) is 6.58. The maximum Gasteiger partial charge on any atom is 0.242 e. The van der Waals surface area contributed by atoms with Crippen LogP contribution < -0.4 is 0 Å². The van der Waals surface area contributed by atoms with Crippen molar-refractivity contribution in [3.63, 3.8) is 0 Å². The molecule has 5 rings (SSSR count). The lowest BCUT2D eigenvalue weighted by molar-refractivity contribution is -0.135. The summed E-state index contributed by atoms with van der Waals surface area (Å²) in [5.41, 5.74) is 4.41. The Labute approximate surface area is 174 Å². The van der Waals surface area contributed by atoms with E-state index in [9.17, 15) is 0 Å². The van der Waals surface area contributed by atoms with Crippen molar-refractivity contribution in [1.82, 2.24) is 4.57 Å². The SMILES string of the molecule is Clc1ccc(CC2=Cn3c(cc4ccccc43)C(OCc3ccccc3)O2)cc1. The second kappa shape index (κ2) is 7.78. The van der Waals surface area contributed by atoms with Gasteiger partial charge in [0, 0.05) is 23.0 Å². The molecule has 3 nitrogen and oxygen atoms in total. The number of hydrogen-bond acceptors (Lipinski definition) is 2. The summed E-state index contributed by atoms with van der Waals surface area (Å²) >= 11 is 6.02. The summed E-state index contributed by atoms with van der Waals surface area (Å²) < 4.78 is 14.7. The average molecular weight is 402 g/mol. The van der Waals surface area contributed by atoms with Crippen LogP contribution in [0.2, 0.25) is 5.02 Å². The van der Waals surface area contributed by atoms with E-state index in [2.05, 4.69) is 47.2 Å². The van der Waals surface area contributed by atoms with Crippen LogP contribution in [0.4, 0.5) is 0 Å². The van der Waals surface area contributed by atoms with Crippen molar-refractivity contribution in [2.24, 2.45) is 0 Å². The highest BCUT2D eigenvalue weighted by Crippen LogP contribution is 2.35. The number of aromatic nitrogens is 1. The Bertz CT molecular complexity index is 1160. The Hall–Kier alpha value is -3.01. The molecule has 0 radical (unpaired) electrons. The summed E-state index contributed by atoms with van der Waals surface area (Å²) in [6, 6.07) is 28.5. The summed E-state index contributed by atoms with van der Waals surface area (Å²) in [7, 11) is 0. The number of ether oxygens (including phenoxy) is 2. The molecular formula is C25H20ClNO2. The number of rotatable bonds is 5. The fourth-order valence-corrected chi connectivity index (χ4v) is 3.78. The van der Waals surface area contributed by atoms with Gasteiger partial charge in [-0.3, -0.25) is 0 Å². The summed E-state index contributed by atoms with van der Waals surface area (Å²) in [4.78, 5) is 0. The lowest BCUT2D eigenvalue weighted by atomic mass is 10.1. The number of benzene rings is 3. The fraction of sp³-hybridized carbons (Fsp3) is 0.120. The van der Waals surface area contributed by atoms with E-state index in [0.29, 0.717) is 13.0 Å². The molecule has 1 aromatic heterocycles. The minimum atomic E-state index is -0.463. The molecule has 0 saturated carbocycles. The first-order valence-corrected chi connectivity index (χ1v) is 10.0. The largest absolute Gasteiger partial charge is 0.461 e. The van der Waals surface area contributed by atoms with Gasteiger partial charge in [-0.2, -0.15) is 0 Å². The van der Waals surface area contributed by atoms with Crippen molar-refractivity contribution in [2.75, 3.05) is 0 Å². The maximum absolute atomic E-state index is 6.28. The van der Waals surface area contributed by atoms with Crippen LogP contribution in [-0.2, 0) is 22.5 Å². The molecule has 2 heterocycles. The minimum Gasteiger partial charge on any atom is -0.461 e. The van der Waals surface area contributed by atoms with Gasteiger partial charge in [-0.1, -0.05) is 72.3 Å². The van der Waals surface area contributed by atoms with Crippen molar-refractivity contribution < 1.29 is 9.47 Å². The fourth-order valence-electron chi connectivity index (χ4n) is 3.65. The first kappa shape index (κ1) is 18.0. The highest BCUT2D eigenvalue weighted by atomic mass is 35.5. The molecule has 0 aliphatic carbocycles. The van der Waals surface area contributed by atoms with Gasteiger partial charge in [-0.25, -0.2) is 0 Å². The number of halogens is 1. The maximum atomic E-state index is 6.28. The Balaban J connectivity index is 1.47. The Kier molecular flexibility index (Phi) is 4.84. The van der Waals surface area contributed by atoms with Crippen LogP contribution >= 0.6 is 11.6 Å². The third-order valence-corrected chi connectivity index (χ3v) is 5.34. The minimum absolute atomic E-state index is 0.463. The van der Waals surface area contributed by atoms with E-state index in [1.165, 1.54) is 5.39 Å². The first-order chi connectivity index (χ1) is 14.3. The van der Waals surface area contributed by atoms with E-state index in [1.807, 2.05) is 48.5 Å². The van der Waals surface area contributed by atoms with Crippen LogP contribution in [0.3, 0.4) is 0 Å². The monoisotopic (exact) mass is 401 g/mol. The van der Waals surface area contributed by atoms with E-state index in [1.54, 1.807) is 0 Å². The zero-order chi connectivity index (χ0) is 19.6. The van der Waals surface area contributed by atoms with E-state index < -0.39 is 6.29 Å². The molecule has 0 amide bonds. The quantitative estimate of drug-likeness (QED) is 0.377. The van der Waals surface area contributed by atoms with E-state index in [0.717, 1.165) is 33.1 Å². The van der Waals surface area contributed by atoms with E-state index in [4.69, 9.17) is 21.1 Å². The van der Waals surface area contributed by atoms with Crippen molar-refractivity contribution in [1.29, 1.82) is 0 Å². The molecule has 4 heteroatoms. The number of fused-ring (bicyclic) bond motifs is 3. The zero-order valence-corrected chi connectivity index (χ0v) is 16.5. The van der Waals surface area contributed by atoms with Gasteiger partial charge in [0.05, 0.1) is 17.8 Å². The lowest BCUT2D eigenvalue weighted by Crippen LogP contribution is -2.18. The van der Waals surface area contributed by atoms with Gasteiger partial charge < -0.3 is 14.0 Å². The molecule has 0 fully saturated rings. The average Bonchev–Trinajstić information content (AvgIpc) is 3.13. The highest BCUT2D eigenvalue weighted by molar-refractivity contribution is 6.30. The second-order valence-electron chi connectivity index (χ2n) is 7.14. The van der Waals surface area contributed by atoms with Crippen LogP contribution in [-0.4, -0.2) is 4.57 Å². The van der Waals surface area contributed by atoms with Crippen molar-refractivity contribution in [2.45, 2.75) is 19.3 Å². The van der Waals surface area contributed by atoms with Gasteiger partial charge in [-0.15, -0.1) is 0 Å². The van der Waals surface area contributed by atoms with E-state index in [-0.39, 0.29) is 0 Å². The molecule has 0 bridgehead atoms. The van der Waals surface area contributed by atoms with Crippen LogP contribution in [0.25, 0.3) is 17.1 Å². The van der Waals surface area contributed by atoms with Crippen molar-refractivity contribution >= 4 is 28.7 Å². The van der Waals surface area contributed by atoms with Gasteiger partial charge in [0.15, 0.2) is 0 Å². The standard InChI is InChI=1S/C25H20ClNO2/c26-21-12-10-18(11-13-21)14-22-16-27-23-9-5-4-8-20(23)15-24(27)25(29-22)28-17-19-6-2-1-3-7-19/h1-13,15-16,25H,14,17H2. The van der Waals surface area contributed by atoms with Crippen LogP contribution in [0.5, 0.6) is 0 Å². The molecule has 144 valence electrons. The smallest absolute Gasteiger partial charge is 0.242 e. The second-order valence-corrected chi connectivity index (χ2v) is 7.58. The Morgan fingerprint density at radius 1 is 0.862 bits per heavy atom. The molecule has 1 atom stereocenters. The predicted molar refractivity (Wildman–Crippen MR) is 116 cm³/mol. The van der Waals surface area contributed by atoms with Gasteiger partial charge in [0.25, 0.3) is 0 Å². The van der Waals surface area contributed by atoms with Crippen LogP contribution in [0.1, 0.15) is 23.1 Å². The van der Waals surface area contributed by atoms with Gasteiger partial charge in [0.2, 0.25) is 6.29 Å². The van der Waals surface area contributed by atoms with E-state index >= 15 is 0 Å². The molecule has 29 heavy (non-hydrogen) atoms. The Morgan fingerprint density at radius 2 is 1.62 bits per heavy atom. The normalized spacial score (nSPS) is 15.6. The molecule has 0 spiro atoms. The number of para-hydroxylation sites is 1.